The van der Waals surface area contributed by atoms with Gasteiger partial charge in [0.2, 0.25) is 5.91 Å². The van der Waals surface area contributed by atoms with E-state index in [0.29, 0.717) is 25.9 Å². The predicted octanol–water partition coefficient (Wildman–Crippen LogP) is 24.9. The Kier molecular flexibility index (Phi) is 71.4. The van der Waals surface area contributed by atoms with E-state index in [4.69, 9.17) is 4.74 Å². The maximum Gasteiger partial charge on any atom is 0.305 e. The highest BCUT2D eigenvalue weighted by Crippen LogP contribution is 2.20. The monoisotopic (exact) mass is 1170 g/mol. The molecule has 83 heavy (non-hydrogen) atoms. The molecule has 2 unspecified atom stereocenters. The van der Waals surface area contributed by atoms with Gasteiger partial charge in [0, 0.05) is 12.8 Å². The first-order chi connectivity index (χ1) is 41.0. The van der Waals surface area contributed by atoms with Crippen molar-refractivity contribution in [2.75, 3.05) is 13.2 Å². The number of amides is 1. The predicted molar refractivity (Wildman–Crippen MR) is 366 cm³/mol. The van der Waals surface area contributed by atoms with Crippen molar-refractivity contribution in [2.24, 2.45) is 0 Å². The van der Waals surface area contributed by atoms with Crippen molar-refractivity contribution in [3.8, 4) is 0 Å². The Labute approximate surface area is 520 Å². The van der Waals surface area contributed by atoms with Crippen molar-refractivity contribution >= 4 is 11.9 Å². The molecule has 0 rings (SSSR count). The lowest BCUT2D eigenvalue weighted by atomic mass is 10.0. The van der Waals surface area contributed by atoms with Gasteiger partial charge in [-0.2, -0.15) is 0 Å². The Balaban J connectivity index is 3.34. The van der Waals surface area contributed by atoms with Gasteiger partial charge in [0.25, 0.3) is 0 Å². The summed E-state index contributed by atoms with van der Waals surface area (Å²) in [5, 5.41) is 23.4. The number of carbonyl (C=O) groups excluding carboxylic acids is 2. The standard InChI is InChI=1S/C77H149NO5/c1-3-5-7-9-11-13-15-16-17-18-19-37-40-43-46-50-53-57-61-65-69-75(80)74(73-79)78-76(81)70-66-62-58-54-51-47-44-41-38-35-33-31-29-27-25-23-21-20-22-24-26-28-30-32-34-36-39-42-45-48-52-56-60-64-68-72-83-77(82)71-67-63-59-55-49-14-12-10-8-6-4-2/h10,12,22,24,74-75,79-80H,3-9,11,13-21,23,25-73H2,1-2H3,(H,78,81)/b12-10-,24-22-. The van der Waals surface area contributed by atoms with Gasteiger partial charge in [-0.05, 0) is 70.6 Å². The van der Waals surface area contributed by atoms with E-state index in [2.05, 4.69) is 43.5 Å². The van der Waals surface area contributed by atoms with Crippen LogP contribution >= 0.6 is 0 Å². The fourth-order valence-corrected chi connectivity index (χ4v) is 12.2. The lowest BCUT2D eigenvalue weighted by molar-refractivity contribution is -0.143. The van der Waals surface area contributed by atoms with Crippen LogP contribution in [0.1, 0.15) is 431 Å². The molecule has 0 aromatic carbocycles. The molecule has 0 bridgehead atoms. The van der Waals surface area contributed by atoms with Crippen LogP contribution in [0.3, 0.4) is 0 Å². The SMILES string of the molecule is CCCC/C=C\CCCCCCCC(=O)OCCCCCCCCCCCCCCCC/C=C\CCCCCCCCCCCCCCCCCCCC(=O)NC(CO)C(O)CCCCCCCCCCCCCCCCCCCCCC. The third kappa shape index (κ3) is 69.3. The third-order valence-corrected chi connectivity index (χ3v) is 18.0. The van der Waals surface area contributed by atoms with Crippen LogP contribution in [0, 0.1) is 0 Å². The second kappa shape index (κ2) is 72.8. The number of hydrogen-bond acceptors (Lipinski definition) is 5. The Morgan fingerprint density at radius 3 is 0.892 bits per heavy atom. The lowest BCUT2D eigenvalue weighted by Crippen LogP contribution is -2.45. The molecule has 0 aliphatic heterocycles. The van der Waals surface area contributed by atoms with Gasteiger partial charge in [-0.3, -0.25) is 9.59 Å². The van der Waals surface area contributed by atoms with Crippen LogP contribution in [-0.2, 0) is 14.3 Å². The zero-order valence-electron chi connectivity index (χ0n) is 56.5. The number of unbranched alkanes of at least 4 members (excludes halogenated alkanes) is 57. The van der Waals surface area contributed by atoms with Gasteiger partial charge < -0.3 is 20.3 Å². The van der Waals surface area contributed by atoms with E-state index >= 15 is 0 Å². The van der Waals surface area contributed by atoms with Crippen LogP contribution in [0.25, 0.3) is 0 Å². The fraction of sp³-hybridized carbons (Fsp3) is 0.922. The molecule has 0 aliphatic carbocycles. The van der Waals surface area contributed by atoms with Crippen molar-refractivity contribution in [3.05, 3.63) is 24.3 Å². The summed E-state index contributed by atoms with van der Waals surface area (Å²) in [6.45, 7) is 4.96. The Hall–Kier alpha value is -1.66. The number of nitrogens with one attached hydrogen (secondary N) is 1. The van der Waals surface area contributed by atoms with Crippen LogP contribution in [-0.4, -0.2) is 47.4 Å². The molecule has 2 atom stereocenters. The second-order valence-corrected chi connectivity index (χ2v) is 26.3. The first-order valence-electron chi connectivity index (χ1n) is 38.1. The van der Waals surface area contributed by atoms with Crippen molar-refractivity contribution in [3.63, 3.8) is 0 Å². The Morgan fingerprint density at radius 1 is 0.325 bits per heavy atom. The molecule has 6 heteroatoms. The van der Waals surface area contributed by atoms with E-state index in [1.54, 1.807) is 0 Å². The van der Waals surface area contributed by atoms with E-state index in [-0.39, 0.29) is 18.5 Å². The maximum absolute atomic E-state index is 12.6. The van der Waals surface area contributed by atoms with Crippen LogP contribution in [0.5, 0.6) is 0 Å². The zero-order valence-corrected chi connectivity index (χ0v) is 56.5. The highest BCUT2D eigenvalue weighted by Gasteiger charge is 2.20. The first-order valence-corrected chi connectivity index (χ1v) is 38.1. The summed E-state index contributed by atoms with van der Waals surface area (Å²) in [5.41, 5.74) is 0. The van der Waals surface area contributed by atoms with Crippen LogP contribution in [0.4, 0.5) is 0 Å². The molecule has 0 saturated heterocycles. The number of esters is 1. The average molecular weight is 1170 g/mol. The molecule has 0 aromatic rings. The molecule has 0 heterocycles. The van der Waals surface area contributed by atoms with Gasteiger partial charge in [-0.15, -0.1) is 0 Å². The number of hydrogen-bond donors (Lipinski definition) is 3. The number of ether oxygens (including phenoxy) is 1. The summed E-state index contributed by atoms with van der Waals surface area (Å²) in [4.78, 5) is 24.6. The Morgan fingerprint density at radius 2 is 0.578 bits per heavy atom. The van der Waals surface area contributed by atoms with E-state index in [1.807, 2.05) is 0 Å². The maximum atomic E-state index is 12.6. The van der Waals surface area contributed by atoms with Crippen molar-refractivity contribution < 1.29 is 24.5 Å². The smallest absolute Gasteiger partial charge is 0.305 e. The molecule has 0 radical (unpaired) electrons. The third-order valence-electron chi connectivity index (χ3n) is 18.0. The fourth-order valence-electron chi connectivity index (χ4n) is 12.2. The van der Waals surface area contributed by atoms with E-state index in [0.717, 1.165) is 44.9 Å². The van der Waals surface area contributed by atoms with Gasteiger partial charge in [0.1, 0.15) is 0 Å². The van der Waals surface area contributed by atoms with Crippen molar-refractivity contribution in [1.29, 1.82) is 0 Å². The first kappa shape index (κ1) is 81.3. The van der Waals surface area contributed by atoms with Crippen LogP contribution in [0.2, 0.25) is 0 Å². The minimum atomic E-state index is -0.662. The molecule has 3 N–H and O–H groups in total. The van der Waals surface area contributed by atoms with Gasteiger partial charge in [0.15, 0.2) is 0 Å². The average Bonchev–Trinajstić information content (AvgIpc) is 3.49. The normalized spacial score (nSPS) is 12.6. The minimum absolute atomic E-state index is 0.00973. The highest BCUT2D eigenvalue weighted by molar-refractivity contribution is 5.76. The highest BCUT2D eigenvalue weighted by atomic mass is 16.5. The molecule has 1 amide bonds. The molecule has 0 aromatic heterocycles. The summed E-state index contributed by atoms with van der Waals surface area (Å²) < 4.78 is 5.47. The van der Waals surface area contributed by atoms with Crippen molar-refractivity contribution in [1.82, 2.24) is 5.32 Å². The molecule has 0 fully saturated rings. The van der Waals surface area contributed by atoms with E-state index in [9.17, 15) is 19.8 Å². The summed E-state index contributed by atoms with van der Waals surface area (Å²) in [7, 11) is 0. The molecule has 492 valence electrons. The topological polar surface area (TPSA) is 95.9 Å². The van der Waals surface area contributed by atoms with Crippen molar-refractivity contribution in [2.45, 2.75) is 443 Å². The molecular weight excluding hydrogens is 1020 g/mol. The minimum Gasteiger partial charge on any atom is -0.466 e. The zero-order chi connectivity index (χ0) is 59.9. The number of rotatable bonds is 72. The van der Waals surface area contributed by atoms with Crippen LogP contribution < -0.4 is 5.32 Å². The summed E-state index contributed by atoms with van der Waals surface area (Å²) in [5.74, 6) is -0.0168. The number of aliphatic hydroxyl groups is 2. The Bertz CT molecular complexity index is 1300. The summed E-state index contributed by atoms with van der Waals surface area (Å²) in [6, 6.07) is -0.539. The van der Waals surface area contributed by atoms with Gasteiger partial charge in [-0.25, -0.2) is 0 Å². The summed E-state index contributed by atoms with van der Waals surface area (Å²) in [6.07, 6.45) is 92.6. The largest absolute Gasteiger partial charge is 0.466 e. The number of carbonyl (C=O) groups is 2. The van der Waals surface area contributed by atoms with E-state index in [1.165, 1.54) is 353 Å². The van der Waals surface area contributed by atoms with Gasteiger partial charge in [-0.1, -0.05) is 372 Å². The lowest BCUT2D eigenvalue weighted by Gasteiger charge is -2.22. The molecule has 0 saturated carbocycles. The molecule has 0 aliphatic rings. The second-order valence-electron chi connectivity index (χ2n) is 26.3. The summed E-state index contributed by atoms with van der Waals surface area (Å²) >= 11 is 0. The van der Waals surface area contributed by atoms with Gasteiger partial charge in [0.05, 0.1) is 25.4 Å². The van der Waals surface area contributed by atoms with E-state index < -0.39 is 12.1 Å². The van der Waals surface area contributed by atoms with Crippen LogP contribution in [0.15, 0.2) is 24.3 Å². The molecule has 0 spiro atoms. The molecular formula is C77H149NO5. The van der Waals surface area contributed by atoms with Gasteiger partial charge >= 0.3 is 5.97 Å². The number of aliphatic hydroxyl groups excluding tert-OH is 2. The molecule has 6 nitrogen and oxygen atoms in total. The quantitative estimate of drug-likeness (QED) is 0.0320. The number of allylic oxidation sites excluding steroid dienone is 4.